The van der Waals surface area contributed by atoms with E-state index in [1.165, 1.54) is 38.5 Å². The SMILES string of the molecule is CCNC(=NCC(C)(C)OC)NCCOC1CCCCCC1.I. The molecule has 6 heteroatoms. The number of methoxy groups -OCH3 is 1. The zero-order valence-electron chi connectivity index (χ0n) is 15.3. The van der Waals surface area contributed by atoms with Crippen LogP contribution in [0, 0.1) is 0 Å². The minimum Gasteiger partial charge on any atom is -0.377 e. The Hall–Kier alpha value is -0.0800. The van der Waals surface area contributed by atoms with Crippen molar-refractivity contribution in [1.82, 2.24) is 10.6 Å². The van der Waals surface area contributed by atoms with Crippen molar-refractivity contribution in [3.8, 4) is 0 Å². The summed E-state index contributed by atoms with van der Waals surface area (Å²) in [5.41, 5.74) is -0.237. The standard InChI is InChI=1S/C17H35N3O2.HI/c1-5-18-16(20-14-17(2,3)21-4)19-12-13-22-15-10-8-6-7-9-11-15;/h15H,5-14H2,1-4H3,(H2,18,19,20);1H. The third-order valence-electron chi connectivity index (χ3n) is 4.07. The monoisotopic (exact) mass is 441 g/mol. The summed E-state index contributed by atoms with van der Waals surface area (Å²) in [6.45, 7) is 9.15. The molecule has 0 aromatic heterocycles. The molecule has 0 saturated heterocycles. The highest BCUT2D eigenvalue weighted by Gasteiger charge is 2.16. The van der Waals surface area contributed by atoms with Crippen molar-refractivity contribution in [2.24, 2.45) is 4.99 Å². The molecule has 1 fully saturated rings. The summed E-state index contributed by atoms with van der Waals surface area (Å²) in [4.78, 5) is 4.57. The van der Waals surface area contributed by atoms with Gasteiger partial charge in [0, 0.05) is 20.2 Å². The van der Waals surface area contributed by atoms with Crippen molar-refractivity contribution < 1.29 is 9.47 Å². The normalized spacial score (nSPS) is 17.3. The summed E-state index contributed by atoms with van der Waals surface area (Å²) in [5, 5.41) is 6.59. The smallest absolute Gasteiger partial charge is 0.191 e. The Balaban J connectivity index is 0.00000484. The quantitative estimate of drug-likeness (QED) is 0.200. The van der Waals surface area contributed by atoms with Crippen molar-refractivity contribution >= 4 is 29.9 Å². The lowest BCUT2D eigenvalue weighted by Gasteiger charge is -2.21. The lowest BCUT2D eigenvalue weighted by Crippen LogP contribution is -2.40. The predicted octanol–water partition coefficient (Wildman–Crippen LogP) is 3.32. The second-order valence-electron chi connectivity index (χ2n) is 6.57. The third kappa shape index (κ3) is 11.2. The molecular formula is C17H36IN3O2. The first-order valence-corrected chi connectivity index (χ1v) is 8.76. The van der Waals surface area contributed by atoms with Crippen LogP contribution in [0.4, 0.5) is 0 Å². The van der Waals surface area contributed by atoms with Gasteiger partial charge in [0.05, 0.1) is 24.9 Å². The van der Waals surface area contributed by atoms with Crippen LogP contribution in [0.1, 0.15) is 59.3 Å². The molecule has 0 aromatic rings. The van der Waals surface area contributed by atoms with Crippen LogP contribution in [0.2, 0.25) is 0 Å². The van der Waals surface area contributed by atoms with Crippen molar-refractivity contribution in [2.45, 2.75) is 71.0 Å². The van der Waals surface area contributed by atoms with Crippen LogP contribution in [0.5, 0.6) is 0 Å². The van der Waals surface area contributed by atoms with E-state index in [4.69, 9.17) is 9.47 Å². The van der Waals surface area contributed by atoms with Crippen molar-refractivity contribution in [1.29, 1.82) is 0 Å². The molecule has 0 amide bonds. The molecule has 0 bridgehead atoms. The fourth-order valence-electron chi connectivity index (χ4n) is 2.48. The van der Waals surface area contributed by atoms with E-state index in [9.17, 15) is 0 Å². The summed E-state index contributed by atoms with van der Waals surface area (Å²) in [5.74, 6) is 0.831. The van der Waals surface area contributed by atoms with Crippen LogP contribution in [0.25, 0.3) is 0 Å². The van der Waals surface area contributed by atoms with Crippen molar-refractivity contribution in [3.05, 3.63) is 0 Å². The van der Waals surface area contributed by atoms with Gasteiger partial charge in [-0.25, -0.2) is 0 Å². The van der Waals surface area contributed by atoms with Crippen LogP contribution >= 0.6 is 24.0 Å². The van der Waals surface area contributed by atoms with Crippen LogP contribution < -0.4 is 10.6 Å². The van der Waals surface area contributed by atoms with Crippen LogP contribution in [0.3, 0.4) is 0 Å². The van der Waals surface area contributed by atoms with E-state index in [-0.39, 0.29) is 29.6 Å². The molecule has 0 aliphatic heterocycles. The molecule has 1 aliphatic rings. The maximum absolute atomic E-state index is 5.99. The number of rotatable bonds is 8. The van der Waals surface area contributed by atoms with Crippen molar-refractivity contribution in [2.75, 3.05) is 33.4 Å². The fourth-order valence-corrected chi connectivity index (χ4v) is 2.48. The zero-order chi connectivity index (χ0) is 16.3. The third-order valence-corrected chi connectivity index (χ3v) is 4.07. The average molecular weight is 441 g/mol. The number of hydrogen-bond donors (Lipinski definition) is 2. The Morgan fingerprint density at radius 3 is 2.35 bits per heavy atom. The topological polar surface area (TPSA) is 54.9 Å². The number of hydrogen-bond acceptors (Lipinski definition) is 3. The Morgan fingerprint density at radius 2 is 1.78 bits per heavy atom. The molecule has 0 unspecified atom stereocenters. The van der Waals surface area contributed by atoms with Crippen LogP contribution in [0.15, 0.2) is 4.99 Å². The molecule has 0 spiro atoms. The average Bonchev–Trinajstić information content (AvgIpc) is 2.78. The van der Waals surface area contributed by atoms with Gasteiger partial charge in [-0.3, -0.25) is 4.99 Å². The summed E-state index contributed by atoms with van der Waals surface area (Å²) in [6.07, 6.45) is 8.25. The Labute approximate surface area is 159 Å². The van der Waals surface area contributed by atoms with Crippen molar-refractivity contribution in [3.63, 3.8) is 0 Å². The Morgan fingerprint density at radius 1 is 1.13 bits per heavy atom. The van der Waals surface area contributed by atoms with Crippen LogP contribution in [-0.4, -0.2) is 51.0 Å². The number of nitrogens with zero attached hydrogens (tertiary/aromatic N) is 1. The molecule has 23 heavy (non-hydrogen) atoms. The largest absolute Gasteiger partial charge is 0.377 e. The van der Waals surface area contributed by atoms with Gasteiger partial charge in [0.1, 0.15) is 0 Å². The Kier molecular flexibility index (Phi) is 13.2. The first-order chi connectivity index (χ1) is 10.6. The van der Waals surface area contributed by atoms with E-state index < -0.39 is 0 Å². The van der Waals surface area contributed by atoms with E-state index >= 15 is 0 Å². The molecule has 5 nitrogen and oxygen atoms in total. The second-order valence-corrected chi connectivity index (χ2v) is 6.57. The highest BCUT2D eigenvalue weighted by Crippen LogP contribution is 2.19. The summed E-state index contributed by atoms with van der Waals surface area (Å²) in [6, 6.07) is 0. The number of ether oxygens (including phenoxy) is 2. The molecular weight excluding hydrogens is 405 g/mol. The molecule has 0 atom stereocenters. The van der Waals surface area contributed by atoms with Gasteiger partial charge in [0.2, 0.25) is 0 Å². The maximum atomic E-state index is 5.99. The van der Waals surface area contributed by atoms with Gasteiger partial charge < -0.3 is 20.1 Å². The fraction of sp³-hybridized carbons (Fsp3) is 0.941. The summed E-state index contributed by atoms with van der Waals surface area (Å²) in [7, 11) is 1.72. The Bertz CT molecular complexity index is 317. The number of halogens is 1. The van der Waals surface area contributed by atoms with E-state index in [0.717, 1.165) is 25.7 Å². The molecule has 1 rings (SSSR count). The van der Waals surface area contributed by atoms with E-state index in [2.05, 4.69) is 22.5 Å². The molecule has 0 radical (unpaired) electrons. The predicted molar refractivity (Wildman–Crippen MR) is 108 cm³/mol. The van der Waals surface area contributed by atoms with Gasteiger partial charge in [-0.05, 0) is 33.6 Å². The van der Waals surface area contributed by atoms with E-state index in [1.807, 2.05) is 13.8 Å². The lowest BCUT2D eigenvalue weighted by atomic mass is 10.1. The highest BCUT2D eigenvalue weighted by molar-refractivity contribution is 14.0. The second kappa shape index (κ2) is 13.2. The maximum Gasteiger partial charge on any atom is 0.191 e. The molecule has 138 valence electrons. The number of aliphatic imine (C=N–C) groups is 1. The molecule has 1 aliphatic carbocycles. The van der Waals surface area contributed by atoms with Gasteiger partial charge in [0.25, 0.3) is 0 Å². The lowest BCUT2D eigenvalue weighted by molar-refractivity contribution is 0.0310. The molecule has 2 N–H and O–H groups in total. The molecule has 1 saturated carbocycles. The first-order valence-electron chi connectivity index (χ1n) is 8.76. The van der Waals surface area contributed by atoms with Crippen LogP contribution in [-0.2, 0) is 9.47 Å². The number of guanidine groups is 1. The summed E-state index contributed by atoms with van der Waals surface area (Å²) >= 11 is 0. The zero-order valence-corrected chi connectivity index (χ0v) is 17.7. The van der Waals surface area contributed by atoms with E-state index in [1.54, 1.807) is 7.11 Å². The molecule has 0 aromatic carbocycles. The summed E-state index contributed by atoms with van der Waals surface area (Å²) < 4.78 is 11.4. The minimum absolute atomic E-state index is 0. The van der Waals surface area contributed by atoms with Gasteiger partial charge in [-0.15, -0.1) is 24.0 Å². The minimum atomic E-state index is -0.237. The number of nitrogens with one attached hydrogen (secondary N) is 2. The van der Waals surface area contributed by atoms with Gasteiger partial charge in [-0.2, -0.15) is 0 Å². The molecule has 0 heterocycles. The highest BCUT2D eigenvalue weighted by atomic mass is 127. The van der Waals surface area contributed by atoms with Gasteiger partial charge in [0.15, 0.2) is 5.96 Å². The van der Waals surface area contributed by atoms with Gasteiger partial charge in [-0.1, -0.05) is 25.7 Å². The van der Waals surface area contributed by atoms with E-state index in [0.29, 0.717) is 12.6 Å². The van der Waals surface area contributed by atoms with Gasteiger partial charge >= 0.3 is 0 Å². The first kappa shape index (κ1) is 22.9.